The quantitative estimate of drug-likeness (QED) is 0.717. The SMILES string of the molecule is Fc1cc(I)ccc1Nc1cc(C2CC2)nc(NC2CC2)n1. The van der Waals surface area contributed by atoms with Gasteiger partial charge in [0, 0.05) is 21.6 Å². The van der Waals surface area contributed by atoms with E-state index in [2.05, 4.69) is 43.2 Å². The second-order valence-corrected chi connectivity index (χ2v) is 7.19. The van der Waals surface area contributed by atoms with Crippen molar-refractivity contribution >= 4 is 40.0 Å². The molecule has 22 heavy (non-hydrogen) atoms. The summed E-state index contributed by atoms with van der Waals surface area (Å²) in [5.41, 5.74) is 1.49. The van der Waals surface area contributed by atoms with E-state index in [1.54, 1.807) is 6.07 Å². The fourth-order valence-corrected chi connectivity index (χ4v) is 2.78. The molecule has 1 heterocycles. The molecule has 2 fully saturated rings. The van der Waals surface area contributed by atoms with Crippen LogP contribution in [0.1, 0.15) is 37.3 Å². The summed E-state index contributed by atoms with van der Waals surface area (Å²) in [4.78, 5) is 9.08. The fourth-order valence-electron chi connectivity index (χ4n) is 2.32. The molecule has 2 aliphatic carbocycles. The average molecular weight is 410 g/mol. The molecule has 4 nitrogen and oxygen atoms in total. The molecule has 0 spiro atoms. The van der Waals surface area contributed by atoms with E-state index in [-0.39, 0.29) is 5.82 Å². The Morgan fingerprint density at radius 3 is 2.59 bits per heavy atom. The topological polar surface area (TPSA) is 49.8 Å². The van der Waals surface area contributed by atoms with Crippen LogP contribution in [0.15, 0.2) is 24.3 Å². The van der Waals surface area contributed by atoms with Gasteiger partial charge in [-0.1, -0.05) is 0 Å². The van der Waals surface area contributed by atoms with Gasteiger partial charge in [-0.3, -0.25) is 0 Å². The summed E-state index contributed by atoms with van der Waals surface area (Å²) in [6.07, 6.45) is 4.70. The number of rotatable bonds is 5. The van der Waals surface area contributed by atoms with Crippen molar-refractivity contribution in [3.8, 4) is 0 Å². The lowest BCUT2D eigenvalue weighted by molar-refractivity contribution is 0.631. The summed E-state index contributed by atoms with van der Waals surface area (Å²) >= 11 is 2.10. The molecule has 2 N–H and O–H groups in total. The van der Waals surface area contributed by atoms with Crippen molar-refractivity contribution in [3.05, 3.63) is 39.3 Å². The van der Waals surface area contributed by atoms with Gasteiger partial charge in [0.1, 0.15) is 11.6 Å². The number of hydrogen-bond donors (Lipinski definition) is 2. The molecule has 4 rings (SSSR count). The van der Waals surface area contributed by atoms with E-state index in [0.29, 0.717) is 29.4 Å². The molecular weight excluding hydrogens is 394 g/mol. The van der Waals surface area contributed by atoms with Crippen molar-refractivity contribution in [1.82, 2.24) is 9.97 Å². The zero-order chi connectivity index (χ0) is 15.1. The molecule has 0 radical (unpaired) electrons. The lowest BCUT2D eigenvalue weighted by Crippen LogP contribution is -2.08. The van der Waals surface area contributed by atoms with Crippen molar-refractivity contribution in [2.24, 2.45) is 0 Å². The lowest BCUT2D eigenvalue weighted by Gasteiger charge is -2.11. The predicted octanol–water partition coefficient (Wildman–Crippen LogP) is 4.42. The average Bonchev–Trinajstić information content (AvgIpc) is 3.35. The van der Waals surface area contributed by atoms with E-state index in [1.807, 2.05) is 12.1 Å². The van der Waals surface area contributed by atoms with Crippen molar-refractivity contribution < 1.29 is 4.39 Å². The third kappa shape index (κ3) is 3.31. The molecule has 0 unspecified atom stereocenters. The summed E-state index contributed by atoms with van der Waals surface area (Å²) in [6, 6.07) is 7.56. The van der Waals surface area contributed by atoms with Gasteiger partial charge in [0.05, 0.1) is 11.4 Å². The van der Waals surface area contributed by atoms with Crippen LogP contribution in [0.5, 0.6) is 0 Å². The van der Waals surface area contributed by atoms with Gasteiger partial charge in [-0.05, 0) is 66.5 Å². The minimum atomic E-state index is -0.268. The summed E-state index contributed by atoms with van der Waals surface area (Å²) in [7, 11) is 0. The van der Waals surface area contributed by atoms with Gasteiger partial charge >= 0.3 is 0 Å². The van der Waals surface area contributed by atoms with Crippen LogP contribution < -0.4 is 10.6 Å². The second-order valence-electron chi connectivity index (χ2n) is 5.94. The molecular formula is C16H16FIN4. The van der Waals surface area contributed by atoms with Crippen molar-refractivity contribution in [3.63, 3.8) is 0 Å². The van der Waals surface area contributed by atoms with Crippen molar-refractivity contribution in [2.75, 3.05) is 10.6 Å². The highest BCUT2D eigenvalue weighted by Gasteiger charge is 2.28. The first-order chi connectivity index (χ1) is 10.7. The van der Waals surface area contributed by atoms with Crippen LogP contribution in [-0.2, 0) is 0 Å². The van der Waals surface area contributed by atoms with Crippen LogP contribution >= 0.6 is 22.6 Å². The van der Waals surface area contributed by atoms with Crippen LogP contribution in [0, 0.1) is 9.39 Å². The van der Waals surface area contributed by atoms with Crippen LogP contribution in [-0.4, -0.2) is 16.0 Å². The molecule has 0 aliphatic heterocycles. The maximum atomic E-state index is 14.0. The largest absolute Gasteiger partial charge is 0.351 e. The molecule has 0 bridgehead atoms. The maximum absolute atomic E-state index is 14.0. The normalized spacial score (nSPS) is 17.4. The Labute approximate surface area is 142 Å². The second kappa shape index (κ2) is 5.64. The minimum absolute atomic E-state index is 0.268. The van der Waals surface area contributed by atoms with Gasteiger partial charge in [0.15, 0.2) is 0 Å². The van der Waals surface area contributed by atoms with E-state index >= 15 is 0 Å². The fraction of sp³-hybridized carbons (Fsp3) is 0.375. The van der Waals surface area contributed by atoms with E-state index < -0.39 is 0 Å². The molecule has 2 aromatic rings. The molecule has 2 saturated carbocycles. The zero-order valence-corrected chi connectivity index (χ0v) is 14.1. The highest BCUT2D eigenvalue weighted by Crippen LogP contribution is 2.40. The number of benzene rings is 1. The summed E-state index contributed by atoms with van der Waals surface area (Å²) in [5, 5.41) is 6.42. The van der Waals surface area contributed by atoms with Crippen LogP contribution in [0.3, 0.4) is 0 Å². The molecule has 114 valence electrons. The van der Waals surface area contributed by atoms with E-state index in [1.165, 1.54) is 31.7 Å². The Kier molecular flexibility index (Phi) is 3.63. The number of nitrogens with zero attached hydrogens (tertiary/aromatic N) is 2. The summed E-state index contributed by atoms with van der Waals surface area (Å²) < 4.78 is 14.9. The van der Waals surface area contributed by atoms with E-state index in [9.17, 15) is 4.39 Å². The van der Waals surface area contributed by atoms with Crippen LogP contribution in [0.2, 0.25) is 0 Å². The monoisotopic (exact) mass is 410 g/mol. The lowest BCUT2D eigenvalue weighted by atomic mass is 10.2. The van der Waals surface area contributed by atoms with Gasteiger partial charge < -0.3 is 10.6 Å². The van der Waals surface area contributed by atoms with Gasteiger partial charge in [-0.25, -0.2) is 9.37 Å². The Bertz CT molecular complexity index is 713. The maximum Gasteiger partial charge on any atom is 0.225 e. The van der Waals surface area contributed by atoms with Crippen molar-refractivity contribution in [1.29, 1.82) is 0 Å². The molecule has 1 aromatic carbocycles. The zero-order valence-electron chi connectivity index (χ0n) is 11.9. The molecule has 6 heteroatoms. The number of anilines is 3. The first-order valence-corrected chi connectivity index (χ1v) is 8.63. The third-order valence-corrected chi connectivity index (χ3v) is 4.52. The highest BCUT2D eigenvalue weighted by atomic mass is 127. The van der Waals surface area contributed by atoms with Gasteiger partial charge in [0.25, 0.3) is 0 Å². The Balaban J connectivity index is 1.62. The van der Waals surface area contributed by atoms with E-state index in [4.69, 9.17) is 0 Å². The Morgan fingerprint density at radius 2 is 1.91 bits per heavy atom. The number of nitrogens with one attached hydrogen (secondary N) is 2. The highest BCUT2D eigenvalue weighted by molar-refractivity contribution is 14.1. The van der Waals surface area contributed by atoms with Crippen molar-refractivity contribution in [2.45, 2.75) is 37.6 Å². The van der Waals surface area contributed by atoms with Crippen LogP contribution in [0.4, 0.5) is 21.8 Å². The number of hydrogen-bond acceptors (Lipinski definition) is 4. The first kappa shape index (κ1) is 14.2. The van der Waals surface area contributed by atoms with Crippen LogP contribution in [0.25, 0.3) is 0 Å². The molecule has 0 atom stereocenters. The molecule has 1 aromatic heterocycles. The first-order valence-electron chi connectivity index (χ1n) is 7.55. The smallest absolute Gasteiger partial charge is 0.225 e. The Hall–Kier alpha value is -1.44. The summed E-state index contributed by atoms with van der Waals surface area (Å²) in [6.45, 7) is 0. The molecule has 0 saturated heterocycles. The summed E-state index contributed by atoms with van der Waals surface area (Å²) in [5.74, 6) is 1.57. The van der Waals surface area contributed by atoms with Gasteiger partial charge in [-0.2, -0.15) is 4.98 Å². The van der Waals surface area contributed by atoms with E-state index in [0.717, 1.165) is 9.26 Å². The molecule has 0 amide bonds. The van der Waals surface area contributed by atoms with Gasteiger partial charge in [-0.15, -0.1) is 0 Å². The van der Waals surface area contributed by atoms with Gasteiger partial charge in [0.2, 0.25) is 5.95 Å². The predicted molar refractivity (Wildman–Crippen MR) is 93.1 cm³/mol. The standard InChI is InChI=1S/C16H16FIN4/c17-12-7-10(18)3-6-13(12)20-15-8-14(9-1-2-9)21-16(22-15)19-11-4-5-11/h3,6-9,11H,1-2,4-5H2,(H2,19,20,21,22). The molecule has 2 aliphatic rings. The Morgan fingerprint density at radius 1 is 1.09 bits per heavy atom. The number of halogens is 2. The third-order valence-electron chi connectivity index (χ3n) is 3.85. The number of aromatic nitrogens is 2. The minimum Gasteiger partial charge on any atom is -0.351 e.